The van der Waals surface area contributed by atoms with E-state index in [1.807, 2.05) is 0 Å². The van der Waals surface area contributed by atoms with E-state index in [2.05, 4.69) is 4.98 Å². The first-order valence-electron chi connectivity index (χ1n) is 3.97. The molecule has 0 aliphatic heterocycles. The maximum atomic E-state index is 11.0. The summed E-state index contributed by atoms with van der Waals surface area (Å²) >= 11 is 5.65. The van der Waals surface area contributed by atoms with Crippen LogP contribution in [0.1, 0.15) is 6.92 Å². The van der Waals surface area contributed by atoms with Crippen molar-refractivity contribution in [1.82, 2.24) is 4.98 Å². The zero-order chi connectivity index (χ0) is 11.6. The molecule has 7 heteroatoms. The Kier molecular flexibility index (Phi) is 3.21. The molecule has 80 valence electrons. The molecule has 0 unspecified atom stereocenters. The Bertz CT molecular complexity index is 422. The smallest absolute Gasteiger partial charge is 0.300 e. The van der Waals surface area contributed by atoms with E-state index in [9.17, 15) is 14.9 Å². The number of amides is 1. The minimum atomic E-state index is -0.632. The van der Waals surface area contributed by atoms with Crippen LogP contribution < -0.4 is 4.90 Å². The van der Waals surface area contributed by atoms with Gasteiger partial charge in [0.05, 0.1) is 4.92 Å². The molecule has 1 aromatic heterocycles. The van der Waals surface area contributed by atoms with E-state index in [-0.39, 0.29) is 22.4 Å². The van der Waals surface area contributed by atoms with Gasteiger partial charge in [-0.3, -0.25) is 14.9 Å². The molecule has 0 aromatic carbocycles. The minimum absolute atomic E-state index is 0.0434. The number of rotatable bonds is 2. The van der Waals surface area contributed by atoms with Gasteiger partial charge in [0, 0.05) is 20.0 Å². The third kappa shape index (κ3) is 2.41. The van der Waals surface area contributed by atoms with Crippen molar-refractivity contribution >= 4 is 29.0 Å². The molecule has 0 bridgehead atoms. The van der Waals surface area contributed by atoms with Crippen molar-refractivity contribution in [2.45, 2.75) is 6.92 Å². The summed E-state index contributed by atoms with van der Waals surface area (Å²) in [6.07, 6.45) is 1.02. The van der Waals surface area contributed by atoms with Gasteiger partial charge < -0.3 is 4.90 Å². The quantitative estimate of drug-likeness (QED) is 0.570. The third-order valence-electron chi connectivity index (χ3n) is 1.83. The fourth-order valence-electron chi connectivity index (χ4n) is 0.893. The van der Waals surface area contributed by atoms with Crippen molar-refractivity contribution < 1.29 is 9.72 Å². The molecule has 0 radical (unpaired) electrons. The minimum Gasteiger partial charge on any atom is -0.300 e. The van der Waals surface area contributed by atoms with Crippen LogP contribution in [0.4, 0.5) is 11.5 Å². The lowest BCUT2D eigenvalue weighted by atomic mass is 10.4. The summed E-state index contributed by atoms with van der Waals surface area (Å²) in [5.74, 6) is 0.0468. The highest BCUT2D eigenvalue weighted by Crippen LogP contribution is 2.26. The van der Waals surface area contributed by atoms with Gasteiger partial charge in [0.25, 0.3) is 0 Å². The number of pyridine rings is 1. The van der Waals surface area contributed by atoms with E-state index >= 15 is 0 Å². The molecule has 1 rings (SSSR count). The van der Waals surface area contributed by atoms with Crippen LogP contribution in [0.5, 0.6) is 0 Å². The van der Waals surface area contributed by atoms with Gasteiger partial charge in [-0.25, -0.2) is 4.98 Å². The molecular formula is C8H8ClN3O3. The molecular weight excluding hydrogens is 222 g/mol. The molecule has 1 heterocycles. The molecule has 0 spiro atoms. The van der Waals surface area contributed by atoms with Gasteiger partial charge in [0.15, 0.2) is 0 Å². The summed E-state index contributed by atoms with van der Waals surface area (Å²) in [6.45, 7) is 1.36. The fraction of sp³-hybridized carbons (Fsp3) is 0.250. The van der Waals surface area contributed by atoms with Crippen LogP contribution in [0.3, 0.4) is 0 Å². The molecule has 0 aliphatic carbocycles. The summed E-state index contributed by atoms with van der Waals surface area (Å²) in [4.78, 5) is 25.8. The normalized spacial score (nSPS) is 9.80. The van der Waals surface area contributed by atoms with E-state index in [4.69, 9.17) is 11.6 Å². The first-order chi connectivity index (χ1) is 6.93. The van der Waals surface area contributed by atoms with Gasteiger partial charge in [-0.1, -0.05) is 11.6 Å². The lowest BCUT2D eigenvalue weighted by molar-refractivity contribution is -0.385. The molecule has 0 atom stereocenters. The number of hydrogen-bond acceptors (Lipinski definition) is 4. The van der Waals surface area contributed by atoms with E-state index in [1.165, 1.54) is 24.9 Å². The zero-order valence-corrected chi connectivity index (χ0v) is 8.85. The van der Waals surface area contributed by atoms with Gasteiger partial charge >= 0.3 is 5.69 Å². The Hall–Kier alpha value is -1.69. The fourth-order valence-corrected chi connectivity index (χ4v) is 1.11. The van der Waals surface area contributed by atoms with Gasteiger partial charge in [-0.05, 0) is 0 Å². The van der Waals surface area contributed by atoms with Crippen LogP contribution in [0, 0.1) is 10.1 Å². The number of halogens is 1. The van der Waals surface area contributed by atoms with Crippen LogP contribution in [0.15, 0.2) is 12.3 Å². The average molecular weight is 230 g/mol. The van der Waals surface area contributed by atoms with Crippen molar-refractivity contribution in [2.24, 2.45) is 0 Å². The van der Waals surface area contributed by atoms with Crippen LogP contribution in [-0.2, 0) is 4.79 Å². The maximum Gasteiger partial charge on any atom is 0.306 e. The number of nitro groups is 1. The molecule has 0 fully saturated rings. The van der Waals surface area contributed by atoms with E-state index in [0.717, 1.165) is 6.20 Å². The molecule has 0 saturated carbocycles. The third-order valence-corrected chi connectivity index (χ3v) is 2.14. The lowest BCUT2D eigenvalue weighted by Crippen LogP contribution is -2.23. The van der Waals surface area contributed by atoms with Gasteiger partial charge in [-0.2, -0.15) is 0 Å². The van der Waals surface area contributed by atoms with Crippen molar-refractivity contribution in [3.8, 4) is 0 Å². The summed E-state index contributed by atoms with van der Waals surface area (Å²) in [5, 5.41) is 10.4. The number of anilines is 1. The molecule has 0 N–H and O–H groups in total. The first kappa shape index (κ1) is 11.4. The highest BCUT2D eigenvalue weighted by Gasteiger charge is 2.16. The Morgan fingerprint density at radius 3 is 2.67 bits per heavy atom. The largest absolute Gasteiger partial charge is 0.306 e. The van der Waals surface area contributed by atoms with E-state index in [1.54, 1.807) is 0 Å². The number of aromatic nitrogens is 1. The second-order valence-corrected chi connectivity index (χ2v) is 3.24. The van der Waals surface area contributed by atoms with Crippen LogP contribution in [0.2, 0.25) is 5.02 Å². The molecule has 6 nitrogen and oxygen atoms in total. The molecule has 1 amide bonds. The molecule has 0 aliphatic rings. The van der Waals surface area contributed by atoms with Crippen molar-refractivity contribution in [3.05, 3.63) is 27.4 Å². The van der Waals surface area contributed by atoms with Crippen LogP contribution in [0.25, 0.3) is 0 Å². The maximum absolute atomic E-state index is 11.0. The Morgan fingerprint density at radius 1 is 1.67 bits per heavy atom. The van der Waals surface area contributed by atoms with Crippen molar-refractivity contribution in [3.63, 3.8) is 0 Å². The summed E-state index contributed by atoms with van der Waals surface area (Å²) < 4.78 is 0. The Balaban J connectivity index is 3.12. The molecule has 0 saturated heterocycles. The number of nitrogens with zero attached hydrogens (tertiary/aromatic N) is 3. The number of carbonyl (C=O) groups is 1. The number of hydrogen-bond donors (Lipinski definition) is 0. The van der Waals surface area contributed by atoms with Crippen LogP contribution in [-0.4, -0.2) is 22.9 Å². The first-order valence-corrected chi connectivity index (χ1v) is 4.35. The second-order valence-electron chi connectivity index (χ2n) is 2.83. The summed E-state index contributed by atoms with van der Waals surface area (Å²) in [7, 11) is 1.51. The van der Waals surface area contributed by atoms with Gasteiger partial charge in [0.1, 0.15) is 17.0 Å². The van der Waals surface area contributed by atoms with Crippen LogP contribution >= 0.6 is 11.6 Å². The standard InChI is InChI=1S/C8H8ClN3O3/c1-5(13)11(2)8-3-6(9)7(4-10-8)12(14)15/h3-4H,1-2H3. The number of carbonyl (C=O) groups excluding carboxylic acids is 1. The van der Waals surface area contributed by atoms with Gasteiger partial charge in [0.2, 0.25) is 5.91 Å². The Labute approximate surface area is 90.6 Å². The average Bonchev–Trinajstić information content (AvgIpc) is 2.15. The predicted molar refractivity (Wildman–Crippen MR) is 55.0 cm³/mol. The molecule has 15 heavy (non-hydrogen) atoms. The Morgan fingerprint density at radius 2 is 2.27 bits per heavy atom. The van der Waals surface area contributed by atoms with Gasteiger partial charge in [-0.15, -0.1) is 0 Å². The SMILES string of the molecule is CC(=O)N(C)c1cc(Cl)c([N+](=O)[O-])cn1. The second kappa shape index (κ2) is 4.22. The molecule has 1 aromatic rings. The van der Waals surface area contributed by atoms with E-state index in [0.29, 0.717) is 0 Å². The summed E-state index contributed by atoms with van der Waals surface area (Å²) in [6, 6.07) is 1.28. The highest BCUT2D eigenvalue weighted by atomic mass is 35.5. The lowest BCUT2D eigenvalue weighted by Gasteiger charge is -2.13. The van der Waals surface area contributed by atoms with E-state index < -0.39 is 4.92 Å². The summed E-state index contributed by atoms with van der Waals surface area (Å²) in [5.41, 5.74) is -0.280. The predicted octanol–water partition coefficient (Wildman–Crippen LogP) is 1.63. The van der Waals surface area contributed by atoms with Crippen molar-refractivity contribution in [2.75, 3.05) is 11.9 Å². The monoisotopic (exact) mass is 229 g/mol. The zero-order valence-electron chi connectivity index (χ0n) is 8.10. The topological polar surface area (TPSA) is 76.3 Å². The van der Waals surface area contributed by atoms with Crippen molar-refractivity contribution in [1.29, 1.82) is 0 Å². The highest BCUT2D eigenvalue weighted by molar-refractivity contribution is 6.32.